The fourth-order valence-electron chi connectivity index (χ4n) is 11.8. The molecule has 3 heteroatoms. The molecule has 194 valence electrons. The van der Waals surface area contributed by atoms with E-state index in [9.17, 15) is 0 Å². The van der Waals surface area contributed by atoms with Gasteiger partial charge in [-0.1, -0.05) is 23.3 Å². The molecule has 2 heterocycles. The molecular weight excluding hydrogens is 442 g/mol. The van der Waals surface area contributed by atoms with Crippen LogP contribution in [0.5, 0.6) is 0 Å². The van der Waals surface area contributed by atoms with Crippen LogP contribution in [0, 0.1) is 35.0 Å². The number of hydrogen-bond acceptors (Lipinski definition) is 3. The highest BCUT2D eigenvalue weighted by Crippen LogP contribution is 2.79. The van der Waals surface area contributed by atoms with Crippen LogP contribution in [0.25, 0.3) is 0 Å². The summed E-state index contributed by atoms with van der Waals surface area (Å²) in [6.45, 7) is 4.48. The molecule has 0 bridgehead atoms. The van der Waals surface area contributed by atoms with Gasteiger partial charge in [0.25, 0.3) is 0 Å². The summed E-state index contributed by atoms with van der Waals surface area (Å²) in [5.74, 6) is 4.69. The smallest absolute Gasteiger partial charge is 0.0722 e. The molecule has 5 aliphatic carbocycles. The monoisotopic (exact) mass is 487 g/mol. The highest BCUT2D eigenvalue weighted by molar-refractivity contribution is 5.50. The molecule has 36 heavy (non-hydrogen) atoms. The number of nitrogens with zero attached hydrogens (tertiary/aromatic N) is 1. The topological polar surface area (TPSA) is 21.7 Å². The molecule has 2 aliphatic heterocycles. The van der Waals surface area contributed by atoms with E-state index in [-0.39, 0.29) is 11.2 Å². The van der Waals surface area contributed by atoms with Gasteiger partial charge in [-0.25, -0.2) is 0 Å². The Morgan fingerprint density at radius 3 is 2.47 bits per heavy atom. The fourth-order valence-corrected chi connectivity index (χ4v) is 11.8. The maximum Gasteiger partial charge on any atom is 0.0722 e. The van der Waals surface area contributed by atoms with Crippen LogP contribution in [0.2, 0.25) is 0 Å². The van der Waals surface area contributed by atoms with Gasteiger partial charge < -0.3 is 14.4 Å². The SMILES string of the molecule is CN(C)c1ccc(C2CC34C(CCC3C3(C)OCCC34)C3CCC4CC5(CCCO5)CCC4=C23)cc1. The Morgan fingerprint density at radius 2 is 1.69 bits per heavy atom. The van der Waals surface area contributed by atoms with E-state index < -0.39 is 0 Å². The van der Waals surface area contributed by atoms with Crippen molar-refractivity contribution in [1.82, 2.24) is 0 Å². The molecule has 0 radical (unpaired) electrons. The Kier molecular flexibility index (Phi) is 4.80. The summed E-state index contributed by atoms with van der Waals surface area (Å²) in [6, 6.07) is 9.72. The Hall–Kier alpha value is -1.32. The first kappa shape index (κ1) is 22.6. The number of benzene rings is 1. The van der Waals surface area contributed by atoms with Crippen molar-refractivity contribution in [3.8, 4) is 0 Å². The standard InChI is InChI=1S/C33H45NO2/c1-31-28-12-11-27-25-10-7-22-19-32(15-4-17-36-32)16-13-24(22)30(25)26(20-33(27,28)29(31)14-18-35-31)21-5-8-23(9-6-21)34(2)3/h5-6,8-9,22,25-29H,4,7,10-20H2,1-3H3. The summed E-state index contributed by atoms with van der Waals surface area (Å²) in [4.78, 5) is 2.24. The first-order valence-corrected chi connectivity index (χ1v) is 15.2. The Balaban J connectivity index is 1.23. The van der Waals surface area contributed by atoms with Gasteiger partial charge in [-0.3, -0.25) is 0 Å². The average Bonchev–Trinajstić information content (AvgIpc) is 3.58. The van der Waals surface area contributed by atoms with Crippen molar-refractivity contribution in [2.24, 2.45) is 35.0 Å². The Morgan fingerprint density at radius 1 is 0.861 bits per heavy atom. The molecule has 3 nitrogen and oxygen atoms in total. The average molecular weight is 488 g/mol. The number of hydrogen-bond donors (Lipinski definition) is 0. The molecule has 1 aromatic rings. The van der Waals surface area contributed by atoms with Crippen LogP contribution in [-0.2, 0) is 9.47 Å². The zero-order valence-electron chi connectivity index (χ0n) is 22.7. The molecule has 4 saturated carbocycles. The summed E-state index contributed by atoms with van der Waals surface area (Å²) in [5.41, 5.74) is 7.67. The number of ether oxygens (including phenoxy) is 2. The quantitative estimate of drug-likeness (QED) is 0.415. The third-order valence-corrected chi connectivity index (χ3v) is 12.9. The lowest BCUT2D eigenvalue weighted by atomic mass is 9.37. The van der Waals surface area contributed by atoms with E-state index in [0.29, 0.717) is 11.3 Å². The minimum absolute atomic E-state index is 0.174. The van der Waals surface area contributed by atoms with Gasteiger partial charge in [-0.05, 0) is 130 Å². The van der Waals surface area contributed by atoms with Crippen LogP contribution in [0.1, 0.15) is 89.0 Å². The summed E-state index contributed by atoms with van der Waals surface area (Å²) in [7, 11) is 4.32. The largest absolute Gasteiger partial charge is 0.378 e. The first-order valence-electron chi connectivity index (χ1n) is 15.2. The van der Waals surface area contributed by atoms with E-state index in [4.69, 9.17) is 9.47 Å². The van der Waals surface area contributed by atoms with Gasteiger partial charge >= 0.3 is 0 Å². The lowest BCUT2D eigenvalue weighted by Gasteiger charge is -2.68. The fraction of sp³-hybridized carbons (Fsp3) is 0.758. The van der Waals surface area contributed by atoms with Crippen molar-refractivity contribution in [2.75, 3.05) is 32.2 Å². The number of allylic oxidation sites excluding steroid dienone is 2. The minimum Gasteiger partial charge on any atom is -0.378 e. The highest BCUT2D eigenvalue weighted by Gasteiger charge is 2.77. The molecule has 0 N–H and O–H groups in total. The number of rotatable bonds is 2. The molecule has 0 aromatic heterocycles. The van der Waals surface area contributed by atoms with Gasteiger partial charge in [0.1, 0.15) is 0 Å². The zero-order valence-corrected chi connectivity index (χ0v) is 22.7. The second-order valence-electron chi connectivity index (χ2n) is 14.2. The van der Waals surface area contributed by atoms with Crippen LogP contribution in [-0.4, -0.2) is 38.5 Å². The highest BCUT2D eigenvalue weighted by atomic mass is 16.5. The lowest BCUT2D eigenvalue weighted by molar-refractivity contribution is -0.237. The van der Waals surface area contributed by atoms with Crippen LogP contribution in [0.15, 0.2) is 35.4 Å². The van der Waals surface area contributed by atoms with Gasteiger partial charge in [0, 0.05) is 38.9 Å². The molecule has 6 fully saturated rings. The van der Waals surface area contributed by atoms with Crippen LogP contribution < -0.4 is 4.90 Å². The number of fused-ring (bicyclic) bond motifs is 5. The van der Waals surface area contributed by atoms with Gasteiger partial charge in [0.2, 0.25) is 0 Å². The lowest BCUT2D eigenvalue weighted by Crippen LogP contribution is -2.68. The van der Waals surface area contributed by atoms with E-state index >= 15 is 0 Å². The van der Waals surface area contributed by atoms with Crippen LogP contribution in [0.3, 0.4) is 0 Å². The first-order chi connectivity index (χ1) is 17.5. The van der Waals surface area contributed by atoms with Crippen molar-refractivity contribution in [2.45, 2.75) is 94.7 Å². The molecule has 8 rings (SSSR count). The Bertz CT molecular complexity index is 1070. The maximum atomic E-state index is 6.52. The molecule has 2 saturated heterocycles. The van der Waals surface area contributed by atoms with Crippen LogP contribution >= 0.6 is 0 Å². The van der Waals surface area contributed by atoms with Crippen molar-refractivity contribution in [3.05, 3.63) is 41.0 Å². The summed E-state index contributed by atoms with van der Waals surface area (Å²) < 4.78 is 13.0. The zero-order chi connectivity index (χ0) is 24.3. The molecule has 0 amide bonds. The summed E-state index contributed by atoms with van der Waals surface area (Å²) in [6.07, 6.45) is 14.8. The van der Waals surface area contributed by atoms with Gasteiger partial charge in [-0.2, -0.15) is 0 Å². The number of anilines is 1. The van der Waals surface area contributed by atoms with E-state index in [1.54, 1.807) is 5.56 Å². The van der Waals surface area contributed by atoms with Gasteiger partial charge in [-0.15, -0.1) is 0 Å². The Labute approximate surface area is 218 Å². The van der Waals surface area contributed by atoms with E-state index in [2.05, 4.69) is 50.2 Å². The van der Waals surface area contributed by atoms with Gasteiger partial charge in [0.15, 0.2) is 0 Å². The maximum absolute atomic E-state index is 6.52. The van der Waals surface area contributed by atoms with Crippen molar-refractivity contribution in [1.29, 1.82) is 0 Å². The second kappa shape index (κ2) is 7.63. The van der Waals surface area contributed by atoms with E-state index in [0.717, 1.165) is 42.8 Å². The summed E-state index contributed by atoms with van der Waals surface area (Å²) >= 11 is 0. The predicted molar refractivity (Wildman–Crippen MR) is 144 cm³/mol. The second-order valence-corrected chi connectivity index (χ2v) is 14.2. The third kappa shape index (κ3) is 2.78. The molecule has 1 aromatic carbocycles. The molecule has 7 aliphatic rings. The van der Waals surface area contributed by atoms with Crippen molar-refractivity contribution in [3.63, 3.8) is 0 Å². The molecule has 9 atom stereocenters. The normalized spacial score (nSPS) is 48.6. The van der Waals surface area contributed by atoms with Crippen LogP contribution in [0.4, 0.5) is 5.69 Å². The third-order valence-electron chi connectivity index (χ3n) is 12.9. The van der Waals surface area contributed by atoms with E-state index in [1.165, 1.54) is 76.3 Å². The predicted octanol–water partition coefficient (Wildman–Crippen LogP) is 7.12. The van der Waals surface area contributed by atoms with Gasteiger partial charge in [0.05, 0.1) is 11.2 Å². The van der Waals surface area contributed by atoms with Crippen molar-refractivity contribution >= 4 is 5.69 Å². The molecule has 9 unspecified atom stereocenters. The van der Waals surface area contributed by atoms with E-state index in [1.807, 2.05) is 11.1 Å². The minimum atomic E-state index is 0.174. The summed E-state index contributed by atoms with van der Waals surface area (Å²) in [5, 5.41) is 0. The van der Waals surface area contributed by atoms with Crippen molar-refractivity contribution < 1.29 is 9.47 Å². The molecule has 2 spiro atoms. The molecular formula is C33H45NO2.